The van der Waals surface area contributed by atoms with Crippen LogP contribution < -0.4 is 0 Å². The molecule has 0 bridgehead atoms. The SMILES string of the molecule is C=C1CC[C@]2(C(=O)OC)CCC[C@]12O. The van der Waals surface area contributed by atoms with Crippen molar-refractivity contribution in [3.63, 3.8) is 0 Å². The van der Waals surface area contributed by atoms with Crippen molar-refractivity contribution in [3.8, 4) is 0 Å². The second kappa shape index (κ2) is 2.83. The first kappa shape index (κ1) is 9.71. The Bertz CT molecular complexity index is 297. The minimum atomic E-state index is -0.986. The van der Waals surface area contributed by atoms with E-state index in [1.165, 1.54) is 7.11 Å². The fourth-order valence-electron chi connectivity index (χ4n) is 3.08. The van der Waals surface area contributed by atoms with E-state index in [4.69, 9.17) is 4.74 Å². The zero-order valence-corrected chi connectivity index (χ0v) is 8.51. The highest BCUT2D eigenvalue weighted by Crippen LogP contribution is 2.59. The Morgan fingerprint density at radius 2 is 2.21 bits per heavy atom. The summed E-state index contributed by atoms with van der Waals surface area (Å²) in [5.74, 6) is -0.267. The molecule has 0 aliphatic heterocycles. The molecular weight excluding hydrogens is 180 g/mol. The Kier molecular flexibility index (Phi) is 1.96. The lowest BCUT2D eigenvalue weighted by atomic mass is 9.76. The standard InChI is InChI=1S/C11H16O3/c1-8-4-7-10(9(12)14-2)5-3-6-11(8,10)13/h13H,1,3-7H2,2H3/t10-,11-/m0/s1. The number of esters is 1. The first-order valence-corrected chi connectivity index (χ1v) is 5.06. The van der Waals surface area contributed by atoms with Gasteiger partial charge in [-0.15, -0.1) is 0 Å². The largest absolute Gasteiger partial charge is 0.468 e. The van der Waals surface area contributed by atoms with E-state index in [1.54, 1.807) is 0 Å². The van der Waals surface area contributed by atoms with E-state index < -0.39 is 11.0 Å². The Morgan fingerprint density at radius 1 is 1.50 bits per heavy atom. The van der Waals surface area contributed by atoms with Crippen LogP contribution in [0.1, 0.15) is 32.1 Å². The zero-order valence-electron chi connectivity index (χ0n) is 8.51. The molecule has 0 amide bonds. The van der Waals surface area contributed by atoms with Crippen molar-refractivity contribution >= 4 is 5.97 Å². The number of hydrogen-bond acceptors (Lipinski definition) is 3. The molecule has 0 radical (unpaired) electrons. The van der Waals surface area contributed by atoms with Gasteiger partial charge in [-0.05, 0) is 37.7 Å². The molecular formula is C11H16O3. The van der Waals surface area contributed by atoms with Crippen LogP contribution in [0, 0.1) is 5.41 Å². The smallest absolute Gasteiger partial charge is 0.315 e. The molecule has 0 aromatic carbocycles. The van der Waals surface area contributed by atoms with Crippen molar-refractivity contribution in [3.05, 3.63) is 12.2 Å². The van der Waals surface area contributed by atoms with Gasteiger partial charge >= 0.3 is 5.97 Å². The first-order chi connectivity index (χ1) is 6.57. The summed E-state index contributed by atoms with van der Waals surface area (Å²) in [6, 6.07) is 0. The van der Waals surface area contributed by atoms with E-state index in [-0.39, 0.29) is 5.97 Å². The van der Waals surface area contributed by atoms with Gasteiger partial charge in [-0.25, -0.2) is 0 Å². The Labute approximate surface area is 83.8 Å². The second-order valence-corrected chi connectivity index (χ2v) is 4.39. The zero-order chi connectivity index (χ0) is 10.4. The van der Waals surface area contributed by atoms with Crippen LogP contribution in [0.4, 0.5) is 0 Å². The molecule has 3 heteroatoms. The van der Waals surface area contributed by atoms with Crippen LogP contribution in [-0.2, 0) is 9.53 Å². The van der Waals surface area contributed by atoms with Gasteiger partial charge in [0.15, 0.2) is 0 Å². The fourth-order valence-corrected chi connectivity index (χ4v) is 3.08. The highest BCUT2D eigenvalue weighted by atomic mass is 16.5. The number of methoxy groups -OCH3 is 1. The number of rotatable bonds is 1. The molecule has 0 aromatic rings. The van der Waals surface area contributed by atoms with Gasteiger partial charge in [-0.1, -0.05) is 6.58 Å². The summed E-state index contributed by atoms with van der Waals surface area (Å²) in [6.07, 6.45) is 3.70. The van der Waals surface area contributed by atoms with Crippen LogP contribution in [0.25, 0.3) is 0 Å². The first-order valence-electron chi connectivity index (χ1n) is 5.06. The van der Waals surface area contributed by atoms with E-state index in [1.807, 2.05) is 0 Å². The maximum absolute atomic E-state index is 11.7. The topological polar surface area (TPSA) is 46.5 Å². The average Bonchev–Trinajstić information content (AvgIpc) is 2.63. The van der Waals surface area contributed by atoms with Crippen LogP contribution in [0.5, 0.6) is 0 Å². The monoisotopic (exact) mass is 196 g/mol. The molecule has 0 heterocycles. The Hall–Kier alpha value is -0.830. The van der Waals surface area contributed by atoms with Gasteiger partial charge in [0.05, 0.1) is 7.11 Å². The molecule has 2 atom stereocenters. The molecule has 0 unspecified atom stereocenters. The lowest BCUT2D eigenvalue weighted by Gasteiger charge is -2.34. The van der Waals surface area contributed by atoms with Crippen LogP contribution in [0.3, 0.4) is 0 Å². The minimum Gasteiger partial charge on any atom is -0.468 e. The molecule has 14 heavy (non-hydrogen) atoms. The number of hydrogen-bond donors (Lipinski definition) is 1. The number of aliphatic hydroxyl groups is 1. The van der Waals surface area contributed by atoms with Crippen molar-refractivity contribution in [1.82, 2.24) is 0 Å². The average molecular weight is 196 g/mol. The molecule has 3 nitrogen and oxygen atoms in total. The van der Waals surface area contributed by atoms with Gasteiger partial charge in [-0.3, -0.25) is 4.79 Å². The molecule has 0 saturated heterocycles. The molecule has 2 saturated carbocycles. The molecule has 2 rings (SSSR count). The summed E-state index contributed by atoms with van der Waals surface area (Å²) in [5.41, 5.74) is -0.862. The molecule has 2 fully saturated rings. The van der Waals surface area contributed by atoms with Gasteiger partial charge in [0.2, 0.25) is 0 Å². The summed E-state index contributed by atoms with van der Waals surface area (Å²) in [7, 11) is 1.39. The number of carbonyl (C=O) groups excluding carboxylic acids is 1. The van der Waals surface area contributed by atoms with Crippen LogP contribution in [0.15, 0.2) is 12.2 Å². The van der Waals surface area contributed by atoms with Gasteiger partial charge in [-0.2, -0.15) is 0 Å². The third-order valence-electron chi connectivity index (χ3n) is 3.95. The van der Waals surface area contributed by atoms with Gasteiger partial charge in [0, 0.05) is 0 Å². The number of ether oxygens (including phenoxy) is 1. The summed E-state index contributed by atoms with van der Waals surface area (Å²) in [4.78, 5) is 11.7. The van der Waals surface area contributed by atoms with E-state index in [0.717, 1.165) is 24.8 Å². The predicted molar refractivity (Wildman–Crippen MR) is 51.6 cm³/mol. The molecule has 0 aromatic heterocycles. The fraction of sp³-hybridized carbons (Fsp3) is 0.727. The summed E-state index contributed by atoms with van der Waals surface area (Å²) >= 11 is 0. The Balaban J connectivity index is 2.43. The minimum absolute atomic E-state index is 0.267. The van der Waals surface area contributed by atoms with Crippen molar-refractivity contribution in [2.24, 2.45) is 5.41 Å². The lowest BCUT2D eigenvalue weighted by Crippen LogP contribution is -2.46. The van der Waals surface area contributed by atoms with Crippen molar-refractivity contribution < 1.29 is 14.6 Å². The van der Waals surface area contributed by atoms with E-state index in [0.29, 0.717) is 12.8 Å². The van der Waals surface area contributed by atoms with E-state index in [9.17, 15) is 9.90 Å². The van der Waals surface area contributed by atoms with Crippen molar-refractivity contribution in [2.45, 2.75) is 37.7 Å². The van der Waals surface area contributed by atoms with Gasteiger partial charge < -0.3 is 9.84 Å². The van der Waals surface area contributed by atoms with E-state index >= 15 is 0 Å². The second-order valence-electron chi connectivity index (χ2n) is 4.39. The quantitative estimate of drug-likeness (QED) is 0.509. The molecule has 78 valence electrons. The highest BCUT2D eigenvalue weighted by Gasteiger charge is 2.63. The van der Waals surface area contributed by atoms with E-state index in [2.05, 4.69) is 6.58 Å². The van der Waals surface area contributed by atoms with Crippen LogP contribution in [-0.4, -0.2) is 23.8 Å². The molecule has 2 aliphatic carbocycles. The van der Waals surface area contributed by atoms with Gasteiger partial charge in [0.1, 0.15) is 11.0 Å². The highest BCUT2D eigenvalue weighted by molar-refractivity contribution is 5.81. The summed E-state index contributed by atoms with van der Waals surface area (Å²) in [5, 5.41) is 10.5. The normalized spacial score (nSPS) is 41.1. The van der Waals surface area contributed by atoms with Gasteiger partial charge in [0.25, 0.3) is 0 Å². The van der Waals surface area contributed by atoms with Crippen molar-refractivity contribution in [1.29, 1.82) is 0 Å². The summed E-state index contributed by atoms with van der Waals surface area (Å²) in [6.45, 7) is 3.87. The Morgan fingerprint density at radius 3 is 2.86 bits per heavy atom. The molecule has 0 spiro atoms. The lowest BCUT2D eigenvalue weighted by molar-refractivity contribution is -0.162. The number of carbonyl (C=O) groups is 1. The maximum Gasteiger partial charge on any atom is 0.315 e. The summed E-state index contributed by atoms with van der Waals surface area (Å²) < 4.78 is 4.81. The van der Waals surface area contributed by atoms with Crippen LogP contribution in [0.2, 0.25) is 0 Å². The van der Waals surface area contributed by atoms with Crippen molar-refractivity contribution in [2.75, 3.05) is 7.11 Å². The van der Waals surface area contributed by atoms with Crippen LogP contribution >= 0.6 is 0 Å². The third kappa shape index (κ3) is 0.883. The maximum atomic E-state index is 11.7. The third-order valence-corrected chi connectivity index (χ3v) is 3.95. The number of fused-ring (bicyclic) bond motifs is 1. The molecule has 1 N–H and O–H groups in total. The predicted octanol–water partition coefficient (Wildman–Crippen LogP) is 1.41. The molecule has 2 aliphatic rings.